The maximum Gasteiger partial charge on any atom is 0.136 e. The van der Waals surface area contributed by atoms with E-state index in [0.29, 0.717) is 12.8 Å². The summed E-state index contributed by atoms with van der Waals surface area (Å²) in [6.07, 6.45) is 0.650. The van der Waals surface area contributed by atoms with Crippen LogP contribution in [0.4, 0.5) is 0 Å². The van der Waals surface area contributed by atoms with Crippen LogP contribution in [0.3, 0.4) is 0 Å². The molecule has 0 fully saturated rings. The first kappa shape index (κ1) is 17.4. The van der Waals surface area contributed by atoms with E-state index in [4.69, 9.17) is 11.5 Å². The molecule has 2 heterocycles. The number of hydrogen-bond donors (Lipinski definition) is 2. The molecule has 0 spiro atoms. The number of Topliss-reactive ketones (excluding diaryl/α,β-unsaturated/α-hetero) is 1. The van der Waals surface area contributed by atoms with Gasteiger partial charge in [-0.25, -0.2) is 0 Å². The van der Waals surface area contributed by atoms with Crippen molar-refractivity contribution in [1.82, 2.24) is 0 Å². The van der Waals surface area contributed by atoms with Gasteiger partial charge in [0, 0.05) is 44.1 Å². The van der Waals surface area contributed by atoms with Gasteiger partial charge in [0.05, 0.1) is 0 Å². The number of fused-ring (bicyclic) bond motifs is 2. The molecule has 4 aromatic rings. The second kappa shape index (κ2) is 7.29. The van der Waals surface area contributed by atoms with E-state index in [1.165, 1.54) is 20.2 Å². The lowest BCUT2D eigenvalue weighted by atomic mass is 10.0. The van der Waals surface area contributed by atoms with Gasteiger partial charge in [0.15, 0.2) is 0 Å². The zero-order valence-electron chi connectivity index (χ0n) is 14.2. The van der Waals surface area contributed by atoms with Gasteiger partial charge in [-0.2, -0.15) is 0 Å². The Bertz CT molecular complexity index is 916. The molecule has 5 heteroatoms. The summed E-state index contributed by atoms with van der Waals surface area (Å²) in [5, 5.41) is 2.36. The second-order valence-corrected chi connectivity index (χ2v) is 8.76. The van der Waals surface area contributed by atoms with E-state index in [0.717, 1.165) is 9.75 Å². The lowest BCUT2D eigenvalue weighted by Gasteiger charge is -2.12. The first-order valence-corrected chi connectivity index (χ1v) is 10.2. The third-order valence-electron chi connectivity index (χ3n) is 4.52. The molecule has 0 saturated heterocycles. The maximum absolute atomic E-state index is 12.5. The highest BCUT2D eigenvalue weighted by Gasteiger charge is 2.18. The van der Waals surface area contributed by atoms with Crippen molar-refractivity contribution in [3.63, 3.8) is 0 Å². The van der Waals surface area contributed by atoms with E-state index in [9.17, 15) is 4.79 Å². The molecule has 0 amide bonds. The van der Waals surface area contributed by atoms with E-state index in [2.05, 4.69) is 36.4 Å². The van der Waals surface area contributed by atoms with Crippen LogP contribution in [0.5, 0.6) is 0 Å². The number of hydrogen-bond acceptors (Lipinski definition) is 5. The number of rotatable bonds is 6. The predicted molar refractivity (Wildman–Crippen MR) is 112 cm³/mol. The number of nitrogens with two attached hydrogens (primary N) is 2. The van der Waals surface area contributed by atoms with Gasteiger partial charge in [-0.15, -0.1) is 22.7 Å². The molecule has 132 valence electrons. The van der Waals surface area contributed by atoms with Crippen molar-refractivity contribution in [3.05, 3.63) is 70.4 Å². The van der Waals surface area contributed by atoms with Gasteiger partial charge in [0.25, 0.3) is 0 Å². The molecular formula is C21H20N2OS2. The summed E-state index contributed by atoms with van der Waals surface area (Å²) >= 11 is 3.32. The van der Waals surface area contributed by atoms with Crippen molar-refractivity contribution in [2.75, 3.05) is 0 Å². The average Bonchev–Trinajstić information content (AvgIpc) is 3.25. The zero-order valence-corrected chi connectivity index (χ0v) is 15.9. The van der Waals surface area contributed by atoms with Crippen LogP contribution in [-0.4, -0.2) is 5.78 Å². The van der Waals surface area contributed by atoms with Crippen LogP contribution in [0.15, 0.2) is 60.7 Å². The molecule has 4 rings (SSSR count). The van der Waals surface area contributed by atoms with Crippen molar-refractivity contribution in [1.29, 1.82) is 0 Å². The first-order valence-electron chi connectivity index (χ1n) is 8.60. The monoisotopic (exact) mass is 380 g/mol. The lowest BCUT2D eigenvalue weighted by Crippen LogP contribution is -2.19. The third kappa shape index (κ3) is 3.57. The van der Waals surface area contributed by atoms with Crippen LogP contribution in [0, 0.1) is 0 Å². The maximum atomic E-state index is 12.5. The van der Waals surface area contributed by atoms with E-state index in [1.807, 2.05) is 24.3 Å². The summed E-state index contributed by atoms with van der Waals surface area (Å²) in [6.45, 7) is 0. The fraction of sp³-hybridized carbons (Fsp3) is 0.190. The van der Waals surface area contributed by atoms with Crippen LogP contribution in [0.2, 0.25) is 0 Å². The van der Waals surface area contributed by atoms with Crippen LogP contribution in [-0.2, 0) is 4.79 Å². The molecule has 0 saturated carbocycles. The van der Waals surface area contributed by atoms with Crippen molar-refractivity contribution in [2.24, 2.45) is 11.5 Å². The van der Waals surface area contributed by atoms with Crippen LogP contribution < -0.4 is 11.5 Å². The normalized spacial score (nSPS) is 13.9. The van der Waals surface area contributed by atoms with Crippen molar-refractivity contribution >= 4 is 48.6 Å². The Labute approximate surface area is 160 Å². The third-order valence-corrected chi connectivity index (χ3v) is 7.01. The molecule has 0 aliphatic carbocycles. The molecule has 2 aromatic heterocycles. The van der Waals surface area contributed by atoms with E-state index >= 15 is 0 Å². The summed E-state index contributed by atoms with van der Waals surface area (Å²) < 4.78 is 2.40. The molecule has 0 aliphatic rings. The van der Waals surface area contributed by atoms with Gasteiger partial charge in [-0.3, -0.25) is 4.79 Å². The van der Waals surface area contributed by atoms with E-state index in [1.54, 1.807) is 22.7 Å². The smallest absolute Gasteiger partial charge is 0.136 e. The Morgan fingerprint density at radius 2 is 1.19 bits per heavy atom. The van der Waals surface area contributed by atoms with E-state index in [-0.39, 0.29) is 17.9 Å². The average molecular weight is 381 g/mol. The minimum Gasteiger partial charge on any atom is -0.323 e. The lowest BCUT2D eigenvalue weighted by molar-refractivity contribution is -0.119. The minimum absolute atomic E-state index is 0.111. The highest BCUT2D eigenvalue weighted by Crippen LogP contribution is 2.32. The SMILES string of the molecule is NC(CC(=O)CC(N)c1cc2ccccc2s1)c1cc2ccccc2s1. The highest BCUT2D eigenvalue weighted by molar-refractivity contribution is 7.19. The van der Waals surface area contributed by atoms with Gasteiger partial charge in [-0.05, 0) is 35.0 Å². The van der Waals surface area contributed by atoms with Crippen molar-refractivity contribution < 1.29 is 4.79 Å². The van der Waals surface area contributed by atoms with Gasteiger partial charge >= 0.3 is 0 Å². The van der Waals surface area contributed by atoms with Crippen LogP contribution in [0.1, 0.15) is 34.7 Å². The summed E-state index contributed by atoms with van der Waals surface area (Å²) in [5.41, 5.74) is 12.6. The molecule has 2 aromatic carbocycles. The molecule has 0 radical (unpaired) electrons. The molecule has 0 aliphatic heterocycles. The molecule has 4 N–H and O–H groups in total. The highest BCUT2D eigenvalue weighted by atomic mass is 32.1. The molecule has 0 bridgehead atoms. The quantitative estimate of drug-likeness (QED) is 0.485. The Kier molecular flexibility index (Phi) is 4.87. The summed E-state index contributed by atoms with van der Waals surface area (Å²) in [5.74, 6) is 0.111. The number of carbonyl (C=O) groups excluding carboxylic acids is 1. The molecule has 3 nitrogen and oxygen atoms in total. The van der Waals surface area contributed by atoms with Gasteiger partial charge in [-0.1, -0.05) is 36.4 Å². The van der Waals surface area contributed by atoms with Crippen LogP contribution >= 0.6 is 22.7 Å². The largest absolute Gasteiger partial charge is 0.323 e. The van der Waals surface area contributed by atoms with Gasteiger partial charge in [0.1, 0.15) is 5.78 Å². The van der Waals surface area contributed by atoms with Crippen molar-refractivity contribution in [2.45, 2.75) is 24.9 Å². The number of ketones is 1. The van der Waals surface area contributed by atoms with Gasteiger partial charge < -0.3 is 11.5 Å². The predicted octanol–water partition coefficient (Wildman–Crippen LogP) is 5.17. The summed E-state index contributed by atoms with van der Waals surface area (Å²) in [7, 11) is 0. The molecule has 26 heavy (non-hydrogen) atoms. The van der Waals surface area contributed by atoms with Crippen LogP contribution in [0.25, 0.3) is 20.2 Å². The Morgan fingerprint density at radius 1 is 0.769 bits per heavy atom. The number of benzene rings is 2. The summed E-state index contributed by atoms with van der Waals surface area (Å²) in [4.78, 5) is 14.6. The Hall–Kier alpha value is -2.05. The molecule has 2 atom stereocenters. The Morgan fingerprint density at radius 3 is 1.62 bits per heavy atom. The summed E-state index contributed by atoms with van der Waals surface area (Å²) in [6, 6.07) is 20.0. The standard InChI is InChI=1S/C21H20N2OS2/c22-16(20-9-13-5-1-3-7-18(13)25-20)11-15(24)12-17(23)21-10-14-6-2-4-8-19(14)26-21/h1-10,16-17H,11-12,22-23H2. The van der Waals surface area contributed by atoms with Gasteiger partial charge in [0.2, 0.25) is 0 Å². The molecular weight excluding hydrogens is 360 g/mol. The zero-order chi connectivity index (χ0) is 18.1. The molecule has 2 unspecified atom stereocenters. The Balaban J connectivity index is 1.42. The second-order valence-electron chi connectivity index (χ2n) is 6.53. The fourth-order valence-corrected chi connectivity index (χ4v) is 5.28. The first-order chi connectivity index (χ1) is 12.6. The fourth-order valence-electron chi connectivity index (χ4n) is 3.15. The van der Waals surface area contributed by atoms with E-state index < -0.39 is 0 Å². The number of thiophene rings is 2. The topological polar surface area (TPSA) is 69.1 Å². The number of carbonyl (C=O) groups is 1. The minimum atomic E-state index is -0.269. The van der Waals surface area contributed by atoms with Crippen molar-refractivity contribution in [3.8, 4) is 0 Å².